The van der Waals surface area contributed by atoms with Gasteiger partial charge in [0.15, 0.2) is 5.96 Å². The third-order valence-corrected chi connectivity index (χ3v) is 4.79. The number of likely N-dealkylation sites (N-methyl/N-ethyl adjacent to an activating group) is 1. The quantitative estimate of drug-likeness (QED) is 0.228. The highest BCUT2D eigenvalue weighted by Gasteiger charge is 2.28. The van der Waals surface area contributed by atoms with E-state index in [4.69, 9.17) is 14.5 Å². The van der Waals surface area contributed by atoms with E-state index in [1.165, 1.54) is 0 Å². The molecular weight excluding hydrogens is 495 g/mol. The van der Waals surface area contributed by atoms with Gasteiger partial charge in [0.25, 0.3) is 0 Å². The number of piperidine rings is 1. The molecule has 1 heterocycles. The van der Waals surface area contributed by atoms with E-state index in [-0.39, 0.29) is 35.9 Å². The fourth-order valence-electron chi connectivity index (χ4n) is 3.29. The molecule has 1 N–H and O–H groups in total. The van der Waals surface area contributed by atoms with Crippen LogP contribution in [-0.2, 0) is 16.1 Å². The molecule has 7 nitrogen and oxygen atoms in total. The molecule has 0 spiro atoms. The molecule has 0 saturated carbocycles. The van der Waals surface area contributed by atoms with Gasteiger partial charge in [-0.05, 0) is 58.5 Å². The second kappa shape index (κ2) is 14.5. The van der Waals surface area contributed by atoms with Crippen molar-refractivity contribution in [1.29, 1.82) is 0 Å². The Balaban J connectivity index is 0.00000450. The summed E-state index contributed by atoms with van der Waals surface area (Å²) in [5.74, 6) is 1.53. The molecule has 1 aliphatic heterocycles. The van der Waals surface area contributed by atoms with Gasteiger partial charge in [0.2, 0.25) is 0 Å². The maximum absolute atomic E-state index is 12.1. The predicted octanol–water partition coefficient (Wildman–Crippen LogP) is 2.99. The van der Waals surface area contributed by atoms with Crippen LogP contribution in [0.2, 0.25) is 0 Å². The number of benzene rings is 1. The van der Waals surface area contributed by atoms with Crippen molar-refractivity contribution < 1.29 is 14.3 Å². The topological polar surface area (TPSA) is 66.4 Å². The minimum atomic E-state index is -0.101. The number of rotatable bonds is 9. The Bertz CT molecular complexity index is 670. The van der Waals surface area contributed by atoms with Crippen molar-refractivity contribution in [2.24, 2.45) is 10.9 Å². The Morgan fingerprint density at radius 1 is 1.33 bits per heavy atom. The highest BCUT2D eigenvalue weighted by Crippen LogP contribution is 2.19. The fraction of sp³-hybridized carbons (Fsp3) is 0.636. The summed E-state index contributed by atoms with van der Waals surface area (Å²) >= 11 is 0. The van der Waals surface area contributed by atoms with Crippen molar-refractivity contribution in [2.45, 2.75) is 33.2 Å². The number of guanidine groups is 1. The minimum Gasteiger partial charge on any atom is -0.492 e. The summed E-state index contributed by atoms with van der Waals surface area (Å²) in [5, 5.41) is 3.36. The van der Waals surface area contributed by atoms with E-state index in [9.17, 15) is 4.79 Å². The molecule has 1 unspecified atom stereocenters. The number of likely N-dealkylation sites (tertiary alicyclic amines) is 1. The van der Waals surface area contributed by atoms with Crippen LogP contribution in [0.3, 0.4) is 0 Å². The lowest BCUT2D eigenvalue weighted by molar-refractivity contribution is -0.149. The third kappa shape index (κ3) is 9.07. The zero-order valence-electron chi connectivity index (χ0n) is 18.7. The predicted molar refractivity (Wildman–Crippen MR) is 132 cm³/mol. The number of carbonyl (C=O) groups is 1. The molecule has 1 aliphatic rings. The number of esters is 1. The van der Waals surface area contributed by atoms with E-state index in [0.717, 1.165) is 49.7 Å². The van der Waals surface area contributed by atoms with E-state index < -0.39 is 0 Å². The lowest BCUT2D eigenvalue weighted by Gasteiger charge is -2.34. The summed E-state index contributed by atoms with van der Waals surface area (Å²) < 4.78 is 11.0. The van der Waals surface area contributed by atoms with Gasteiger partial charge in [-0.25, -0.2) is 4.99 Å². The first kappa shape index (κ1) is 26.5. The van der Waals surface area contributed by atoms with Gasteiger partial charge in [0.1, 0.15) is 12.4 Å². The highest BCUT2D eigenvalue weighted by molar-refractivity contribution is 14.0. The highest BCUT2D eigenvalue weighted by atomic mass is 127. The molecule has 2 rings (SSSR count). The maximum atomic E-state index is 12.1. The lowest BCUT2D eigenvalue weighted by Crippen LogP contribution is -2.48. The molecule has 1 atom stereocenters. The number of ether oxygens (including phenoxy) is 2. The molecule has 0 bridgehead atoms. The number of halogens is 1. The van der Waals surface area contributed by atoms with Gasteiger partial charge in [-0.2, -0.15) is 0 Å². The first-order chi connectivity index (χ1) is 14.0. The third-order valence-electron chi connectivity index (χ3n) is 4.79. The standard InChI is InChI=1S/C22H36N4O3.HI/c1-5-23-22(26-12-8-10-19(17-26)21(27)28-6-2)24-16-18-9-7-11-20(15-18)29-14-13-25(3)4;/h7,9,11,15,19H,5-6,8,10,12-14,16-17H2,1-4H3,(H,23,24);1H. The van der Waals surface area contributed by atoms with E-state index in [2.05, 4.69) is 28.1 Å². The smallest absolute Gasteiger partial charge is 0.310 e. The van der Waals surface area contributed by atoms with Gasteiger partial charge in [-0.3, -0.25) is 4.79 Å². The zero-order valence-corrected chi connectivity index (χ0v) is 21.1. The van der Waals surface area contributed by atoms with Gasteiger partial charge in [0, 0.05) is 26.2 Å². The second-order valence-electron chi connectivity index (χ2n) is 7.51. The molecule has 1 aromatic rings. The van der Waals surface area contributed by atoms with E-state index in [1.807, 2.05) is 39.2 Å². The molecular formula is C22H37IN4O3. The number of nitrogens with zero attached hydrogens (tertiary/aromatic N) is 3. The summed E-state index contributed by atoms with van der Waals surface area (Å²) in [5.41, 5.74) is 1.10. The molecule has 170 valence electrons. The average Bonchev–Trinajstić information content (AvgIpc) is 2.71. The summed E-state index contributed by atoms with van der Waals surface area (Å²) in [6.45, 7) is 8.77. The van der Waals surface area contributed by atoms with Crippen LogP contribution in [0.15, 0.2) is 29.3 Å². The number of nitrogens with one attached hydrogen (secondary N) is 1. The Hall–Kier alpha value is -1.55. The molecule has 8 heteroatoms. The van der Waals surface area contributed by atoms with Crippen LogP contribution in [0.4, 0.5) is 0 Å². The lowest BCUT2D eigenvalue weighted by atomic mass is 9.98. The van der Waals surface area contributed by atoms with Crippen LogP contribution < -0.4 is 10.1 Å². The number of hydrogen-bond acceptors (Lipinski definition) is 5. The first-order valence-electron chi connectivity index (χ1n) is 10.6. The Morgan fingerprint density at radius 2 is 2.13 bits per heavy atom. The first-order valence-corrected chi connectivity index (χ1v) is 10.6. The van der Waals surface area contributed by atoms with Gasteiger partial charge in [-0.1, -0.05) is 12.1 Å². The van der Waals surface area contributed by atoms with Crippen LogP contribution in [0.1, 0.15) is 32.3 Å². The minimum absolute atomic E-state index is 0. The van der Waals surface area contributed by atoms with Crippen molar-refractivity contribution in [3.05, 3.63) is 29.8 Å². The molecule has 0 radical (unpaired) electrons. The largest absolute Gasteiger partial charge is 0.492 e. The Morgan fingerprint density at radius 3 is 2.83 bits per heavy atom. The molecule has 1 saturated heterocycles. The van der Waals surface area contributed by atoms with Crippen LogP contribution in [0.25, 0.3) is 0 Å². The van der Waals surface area contributed by atoms with Crippen molar-refractivity contribution in [3.63, 3.8) is 0 Å². The molecule has 0 aliphatic carbocycles. The number of aliphatic imine (C=N–C) groups is 1. The van der Waals surface area contributed by atoms with Gasteiger partial charge < -0.3 is 24.6 Å². The van der Waals surface area contributed by atoms with E-state index in [0.29, 0.717) is 26.3 Å². The zero-order chi connectivity index (χ0) is 21.1. The van der Waals surface area contributed by atoms with Crippen molar-refractivity contribution in [2.75, 3.05) is 53.5 Å². The van der Waals surface area contributed by atoms with E-state index in [1.54, 1.807) is 0 Å². The molecule has 0 aromatic heterocycles. The fourth-order valence-corrected chi connectivity index (χ4v) is 3.29. The van der Waals surface area contributed by atoms with Gasteiger partial charge >= 0.3 is 5.97 Å². The maximum Gasteiger partial charge on any atom is 0.310 e. The van der Waals surface area contributed by atoms with Crippen LogP contribution in [0, 0.1) is 5.92 Å². The summed E-state index contributed by atoms with van der Waals surface area (Å²) in [4.78, 5) is 21.2. The Labute approximate surface area is 198 Å². The Kier molecular flexibility index (Phi) is 12.8. The van der Waals surface area contributed by atoms with Crippen molar-refractivity contribution >= 4 is 35.9 Å². The SMILES string of the molecule is CCNC(=NCc1cccc(OCCN(C)C)c1)N1CCCC(C(=O)OCC)C1.I. The summed E-state index contributed by atoms with van der Waals surface area (Å²) in [7, 11) is 4.06. The summed E-state index contributed by atoms with van der Waals surface area (Å²) in [6, 6.07) is 8.08. The molecule has 0 amide bonds. The monoisotopic (exact) mass is 532 g/mol. The summed E-state index contributed by atoms with van der Waals surface area (Å²) in [6.07, 6.45) is 1.84. The number of carbonyl (C=O) groups excluding carboxylic acids is 1. The van der Waals surface area contributed by atoms with Crippen molar-refractivity contribution in [1.82, 2.24) is 15.1 Å². The molecule has 30 heavy (non-hydrogen) atoms. The normalized spacial score (nSPS) is 16.8. The van der Waals surface area contributed by atoms with Gasteiger partial charge in [-0.15, -0.1) is 24.0 Å². The van der Waals surface area contributed by atoms with Gasteiger partial charge in [0.05, 0.1) is 19.1 Å². The van der Waals surface area contributed by atoms with Crippen molar-refractivity contribution in [3.8, 4) is 5.75 Å². The van der Waals surface area contributed by atoms with Crippen LogP contribution in [-0.4, -0.2) is 75.2 Å². The van der Waals surface area contributed by atoms with E-state index >= 15 is 0 Å². The van der Waals surface area contributed by atoms with Crippen LogP contribution >= 0.6 is 24.0 Å². The average molecular weight is 532 g/mol. The molecule has 1 fully saturated rings. The second-order valence-corrected chi connectivity index (χ2v) is 7.51. The molecule has 1 aromatic carbocycles. The number of hydrogen-bond donors (Lipinski definition) is 1. The van der Waals surface area contributed by atoms with Crippen LogP contribution in [0.5, 0.6) is 5.75 Å².